The number of nitrogens with zero attached hydrogens (tertiary/aromatic N) is 1. The smallest absolute Gasteiger partial charge is 0.123 e. The lowest BCUT2D eigenvalue weighted by molar-refractivity contribution is 0.269. The first-order valence-corrected chi connectivity index (χ1v) is 7.39. The summed E-state index contributed by atoms with van der Waals surface area (Å²) >= 11 is 0. The summed E-state index contributed by atoms with van der Waals surface area (Å²) in [5, 5.41) is 12.0. The number of benzene rings is 1. The van der Waals surface area contributed by atoms with Crippen molar-refractivity contribution in [2.45, 2.75) is 31.7 Å². The Kier molecular flexibility index (Phi) is 8.42. The fraction of sp³-hybridized carbons (Fsp3) is 0.625. The number of halogens is 1. The second kappa shape index (κ2) is 9.86. The van der Waals surface area contributed by atoms with Crippen molar-refractivity contribution in [2.75, 3.05) is 33.8 Å². The zero-order chi connectivity index (χ0) is 14.8. The molecule has 1 atom stereocenters. The summed E-state index contributed by atoms with van der Waals surface area (Å²) in [7, 11) is 4.06. The molecule has 4 heteroatoms. The fourth-order valence-corrected chi connectivity index (χ4v) is 2.30. The third-order valence-corrected chi connectivity index (χ3v) is 3.62. The van der Waals surface area contributed by atoms with Crippen molar-refractivity contribution in [3.63, 3.8) is 0 Å². The molecule has 20 heavy (non-hydrogen) atoms. The van der Waals surface area contributed by atoms with Gasteiger partial charge in [-0.05, 0) is 70.6 Å². The lowest BCUT2D eigenvalue weighted by Gasteiger charge is -2.21. The number of hydrogen-bond donors (Lipinski definition) is 2. The molecule has 0 heterocycles. The molecule has 0 aliphatic carbocycles. The van der Waals surface area contributed by atoms with Crippen molar-refractivity contribution in [1.29, 1.82) is 0 Å². The Morgan fingerprint density at radius 3 is 2.45 bits per heavy atom. The Morgan fingerprint density at radius 1 is 1.15 bits per heavy atom. The minimum absolute atomic E-state index is 0.190. The number of unbranched alkanes of at least 4 members (excludes halogenated alkanes) is 2. The van der Waals surface area contributed by atoms with Crippen LogP contribution in [0.1, 0.15) is 37.3 Å². The van der Waals surface area contributed by atoms with Crippen LogP contribution in [-0.4, -0.2) is 43.8 Å². The van der Waals surface area contributed by atoms with Crippen molar-refractivity contribution in [3.05, 3.63) is 35.6 Å². The average Bonchev–Trinajstić information content (AvgIpc) is 2.46. The first-order valence-electron chi connectivity index (χ1n) is 7.39. The third-order valence-electron chi connectivity index (χ3n) is 3.62. The zero-order valence-corrected chi connectivity index (χ0v) is 12.6. The predicted octanol–water partition coefficient (Wildman–Crippen LogP) is 2.57. The molecule has 1 aromatic carbocycles. The Labute approximate surface area is 121 Å². The maximum atomic E-state index is 12.9. The Balaban J connectivity index is 2.32. The standard InChI is InChI=1S/C16H27FN2O/c1-18-16(14-6-8-15(17)9-7-14)10-12-19(2)11-4-3-5-13-20/h6-9,16,18,20H,3-5,10-13H2,1-2H3. The first-order chi connectivity index (χ1) is 9.67. The van der Waals surface area contributed by atoms with Gasteiger partial charge in [0.05, 0.1) is 0 Å². The van der Waals surface area contributed by atoms with E-state index in [1.807, 2.05) is 19.2 Å². The van der Waals surface area contributed by atoms with E-state index >= 15 is 0 Å². The molecule has 0 saturated carbocycles. The summed E-state index contributed by atoms with van der Waals surface area (Å²) < 4.78 is 12.9. The topological polar surface area (TPSA) is 35.5 Å². The monoisotopic (exact) mass is 282 g/mol. The molecule has 0 radical (unpaired) electrons. The van der Waals surface area contributed by atoms with E-state index < -0.39 is 0 Å². The molecule has 0 saturated heterocycles. The summed E-state index contributed by atoms with van der Waals surface area (Å²) in [6.07, 6.45) is 4.09. The zero-order valence-electron chi connectivity index (χ0n) is 12.6. The number of aliphatic hydroxyl groups is 1. The first kappa shape index (κ1) is 17.1. The van der Waals surface area contributed by atoms with Gasteiger partial charge in [-0.3, -0.25) is 0 Å². The highest BCUT2D eigenvalue weighted by Gasteiger charge is 2.10. The summed E-state index contributed by atoms with van der Waals surface area (Å²) in [4.78, 5) is 2.31. The van der Waals surface area contributed by atoms with Crippen LogP contribution < -0.4 is 5.32 Å². The highest BCUT2D eigenvalue weighted by Crippen LogP contribution is 2.17. The Bertz CT molecular complexity index is 356. The summed E-state index contributed by atoms with van der Waals surface area (Å²) in [5.74, 6) is -0.190. The van der Waals surface area contributed by atoms with Gasteiger partial charge in [-0.25, -0.2) is 4.39 Å². The molecule has 114 valence electrons. The predicted molar refractivity (Wildman–Crippen MR) is 81.3 cm³/mol. The van der Waals surface area contributed by atoms with Crippen LogP contribution in [0.4, 0.5) is 4.39 Å². The van der Waals surface area contributed by atoms with Crippen molar-refractivity contribution in [1.82, 2.24) is 10.2 Å². The van der Waals surface area contributed by atoms with E-state index in [9.17, 15) is 4.39 Å². The van der Waals surface area contributed by atoms with E-state index in [0.29, 0.717) is 0 Å². The minimum atomic E-state index is -0.190. The van der Waals surface area contributed by atoms with E-state index in [1.54, 1.807) is 0 Å². The average molecular weight is 282 g/mol. The molecule has 1 rings (SSSR count). The molecule has 0 fully saturated rings. The van der Waals surface area contributed by atoms with E-state index in [2.05, 4.69) is 17.3 Å². The molecule has 3 nitrogen and oxygen atoms in total. The van der Waals surface area contributed by atoms with Gasteiger partial charge in [0.25, 0.3) is 0 Å². The molecule has 0 aromatic heterocycles. The molecule has 2 N–H and O–H groups in total. The van der Waals surface area contributed by atoms with Crippen LogP contribution in [0.15, 0.2) is 24.3 Å². The number of rotatable bonds is 10. The van der Waals surface area contributed by atoms with E-state index in [0.717, 1.165) is 44.3 Å². The second-order valence-corrected chi connectivity index (χ2v) is 5.27. The number of aliphatic hydroxyl groups excluding tert-OH is 1. The summed E-state index contributed by atoms with van der Waals surface area (Å²) in [6, 6.07) is 6.97. The van der Waals surface area contributed by atoms with Crippen molar-refractivity contribution >= 4 is 0 Å². The van der Waals surface area contributed by atoms with Gasteiger partial charge in [0.15, 0.2) is 0 Å². The summed E-state index contributed by atoms with van der Waals surface area (Å²) in [5.41, 5.74) is 1.13. The van der Waals surface area contributed by atoms with Gasteiger partial charge in [-0.15, -0.1) is 0 Å². The molecule has 0 bridgehead atoms. The second-order valence-electron chi connectivity index (χ2n) is 5.27. The van der Waals surface area contributed by atoms with Crippen LogP contribution in [0, 0.1) is 5.82 Å². The quantitative estimate of drug-likeness (QED) is 0.647. The van der Waals surface area contributed by atoms with Gasteiger partial charge in [0, 0.05) is 12.6 Å². The van der Waals surface area contributed by atoms with Crippen LogP contribution >= 0.6 is 0 Å². The molecule has 0 spiro atoms. The van der Waals surface area contributed by atoms with Gasteiger partial charge < -0.3 is 15.3 Å². The lowest BCUT2D eigenvalue weighted by atomic mass is 10.0. The van der Waals surface area contributed by atoms with Gasteiger partial charge in [0.2, 0.25) is 0 Å². The molecule has 1 aromatic rings. The van der Waals surface area contributed by atoms with Gasteiger partial charge >= 0.3 is 0 Å². The fourth-order valence-electron chi connectivity index (χ4n) is 2.30. The Morgan fingerprint density at radius 2 is 1.85 bits per heavy atom. The number of hydrogen-bond acceptors (Lipinski definition) is 3. The Hall–Kier alpha value is -0.970. The normalized spacial score (nSPS) is 12.8. The van der Waals surface area contributed by atoms with E-state index in [1.165, 1.54) is 12.1 Å². The van der Waals surface area contributed by atoms with Gasteiger partial charge in [0.1, 0.15) is 5.82 Å². The molecule has 0 amide bonds. The van der Waals surface area contributed by atoms with Crippen molar-refractivity contribution < 1.29 is 9.50 Å². The van der Waals surface area contributed by atoms with Gasteiger partial charge in [-0.1, -0.05) is 12.1 Å². The van der Waals surface area contributed by atoms with Crippen LogP contribution in [0.3, 0.4) is 0 Å². The number of nitrogens with one attached hydrogen (secondary N) is 1. The van der Waals surface area contributed by atoms with Crippen LogP contribution in [0.2, 0.25) is 0 Å². The van der Waals surface area contributed by atoms with Crippen LogP contribution in [0.25, 0.3) is 0 Å². The lowest BCUT2D eigenvalue weighted by Crippen LogP contribution is -2.26. The third kappa shape index (κ3) is 6.46. The largest absolute Gasteiger partial charge is 0.396 e. The molecular weight excluding hydrogens is 255 g/mol. The van der Waals surface area contributed by atoms with Crippen LogP contribution in [-0.2, 0) is 0 Å². The van der Waals surface area contributed by atoms with Gasteiger partial charge in [-0.2, -0.15) is 0 Å². The minimum Gasteiger partial charge on any atom is -0.396 e. The molecular formula is C16H27FN2O. The maximum absolute atomic E-state index is 12.9. The SMILES string of the molecule is CNC(CCN(C)CCCCCO)c1ccc(F)cc1. The highest BCUT2D eigenvalue weighted by atomic mass is 19.1. The molecule has 0 aliphatic rings. The maximum Gasteiger partial charge on any atom is 0.123 e. The van der Waals surface area contributed by atoms with E-state index in [4.69, 9.17) is 5.11 Å². The summed E-state index contributed by atoms with van der Waals surface area (Å²) in [6.45, 7) is 2.35. The van der Waals surface area contributed by atoms with E-state index in [-0.39, 0.29) is 18.5 Å². The highest BCUT2D eigenvalue weighted by molar-refractivity contribution is 5.19. The molecule has 0 aliphatic heterocycles. The van der Waals surface area contributed by atoms with Crippen LogP contribution in [0.5, 0.6) is 0 Å². The van der Waals surface area contributed by atoms with Crippen molar-refractivity contribution in [3.8, 4) is 0 Å². The molecule has 1 unspecified atom stereocenters. The van der Waals surface area contributed by atoms with Crippen molar-refractivity contribution in [2.24, 2.45) is 0 Å².